The summed E-state index contributed by atoms with van der Waals surface area (Å²) in [5.41, 5.74) is -0.598. The predicted octanol–water partition coefficient (Wildman–Crippen LogP) is 0.357. The Morgan fingerprint density at radius 3 is 1.89 bits per heavy atom. The number of carbonyl (C=O) groups excluding carboxylic acids is 3. The molecule has 0 spiro atoms. The first-order valence-electron chi connectivity index (χ1n) is 5.83. The zero-order chi connectivity index (χ0) is 14.5. The third-order valence-corrected chi connectivity index (χ3v) is 1.93. The van der Waals surface area contributed by atoms with Gasteiger partial charge in [-0.1, -0.05) is 0 Å². The summed E-state index contributed by atoms with van der Waals surface area (Å²) in [7, 11) is 0. The van der Waals surface area contributed by atoms with Crippen molar-refractivity contribution in [1.82, 2.24) is 10.6 Å². The molecule has 6 heteroatoms. The van der Waals surface area contributed by atoms with Gasteiger partial charge in [0.15, 0.2) is 0 Å². The van der Waals surface area contributed by atoms with Gasteiger partial charge >= 0.3 is 5.97 Å². The highest BCUT2D eigenvalue weighted by Gasteiger charge is 2.24. The molecule has 0 aliphatic carbocycles. The molecule has 0 rings (SSSR count). The summed E-state index contributed by atoms with van der Waals surface area (Å²) in [5, 5.41) is 4.91. The smallest absolute Gasteiger partial charge is 0.328 e. The first-order valence-corrected chi connectivity index (χ1v) is 5.83. The van der Waals surface area contributed by atoms with Gasteiger partial charge in [0.25, 0.3) is 0 Å². The number of esters is 1. The standard InChI is InChI=1S/C12H22N2O4/c1-7(13-9(3)15)10(16)14-8(2)11(17)18-12(4,5)6/h7-8H,1-6H3,(H,13,15)(H,14,16)/t7?,8-/m1/s1. The fourth-order valence-corrected chi connectivity index (χ4v) is 1.16. The normalized spacial score (nSPS) is 14.3. The molecule has 2 N–H and O–H groups in total. The van der Waals surface area contributed by atoms with Gasteiger partial charge in [-0.2, -0.15) is 0 Å². The highest BCUT2D eigenvalue weighted by molar-refractivity contribution is 5.89. The maximum atomic E-state index is 11.6. The molecule has 104 valence electrons. The molecule has 0 aromatic carbocycles. The van der Waals surface area contributed by atoms with Gasteiger partial charge in [-0.15, -0.1) is 0 Å². The van der Waals surface area contributed by atoms with E-state index in [-0.39, 0.29) is 5.91 Å². The highest BCUT2D eigenvalue weighted by atomic mass is 16.6. The van der Waals surface area contributed by atoms with Crippen LogP contribution in [0.5, 0.6) is 0 Å². The Morgan fingerprint density at radius 2 is 1.50 bits per heavy atom. The van der Waals surface area contributed by atoms with Gasteiger partial charge in [-0.3, -0.25) is 9.59 Å². The van der Waals surface area contributed by atoms with E-state index in [1.807, 2.05) is 0 Å². The second-order valence-electron chi connectivity index (χ2n) is 5.19. The molecule has 6 nitrogen and oxygen atoms in total. The molecule has 2 amide bonds. The molecule has 0 aromatic heterocycles. The van der Waals surface area contributed by atoms with Crippen LogP contribution in [0.3, 0.4) is 0 Å². The Morgan fingerprint density at radius 1 is 1.00 bits per heavy atom. The molecule has 1 unspecified atom stereocenters. The Bertz CT molecular complexity index is 333. The van der Waals surface area contributed by atoms with Gasteiger partial charge in [-0.25, -0.2) is 4.79 Å². The summed E-state index contributed by atoms with van der Waals surface area (Å²) >= 11 is 0. The second kappa shape index (κ2) is 6.37. The first kappa shape index (κ1) is 16.4. The number of rotatable bonds is 4. The van der Waals surface area contributed by atoms with E-state index in [4.69, 9.17) is 4.74 Å². The number of amides is 2. The fraction of sp³-hybridized carbons (Fsp3) is 0.750. The summed E-state index contributed by atoms with van der Waals surface area (Å²) < 4.78 is 5.12. The second-order valence-corrected chi connectivity index (χ2v) is 5.19. The van der Waals surface area contributed by atoms with E-state index in [0.717, 1.165) is 0 Å². The lowest BCUT2D eigenvalue weighted by molar-refractivity contribution is -0.158. The van der Waals surface area contributed by atoms with E-state index in [9.17, 15) is 14.4 Å². The summed E-state index contributed by atoms with van der Waals surface area (Å²) in [6, 6.07) is -1.44. The Kier molecular flexibility index (Phi) is 5.81. The minimum atomic E-state index is -0.757. The van der Waals surface area contributed by atoms with Crippen LogP contribution in [-0.4, -0.2) is 35.5 Å². The van der Waals surface area contributed by atoms with Crippen molar-refractivity contribution in [3.63, 3.8) is 0 Å². The zero-order valence-electron chi connectivity index (χ0n) is 11.8. The molecular weight excluding hydrogens is 236 g/mol. The lowest BCUT2D eigenvalue weighted by atomic mass is 10.2. The van der Waals surface area contributed by atoms with Crippen LogP contribution in [0.2, 0.25) is 0 Å². The third kappa shape index (κ3) is 6.88. The van der Waals surface area contributed by atoms with E-state index in [1.165, 1.54) is 13.8 Å². The summed E-state index contributed by atoms with van der Waals surface area (Å²) in [6.07, 6.45) is 0. The fourth-order valence-electron chi connectivity index (χ4n) is 1.16. The van der Waals surface area contributed by atoms with Crippen LogP contribution in [-0.2, 0) is 19.1 Å². The van der Waals surface area contributed by atoms with Gasteiger partial charge in [-0.05, 0) is 34.6 Å². The van der Waals surface area contributed by atoms with E-state index in [2.05, 4.69) is 10.6 Å². The van der Waals surface area contributed by atoms with E-state index in [1.54, 1.807) is 27.7 Å². The van der Waals surface area contributed by atoms with Crippen LogP contribution >= 0.6 is 0 Å². The van der Waals surface area contributed by atoms with Gasteiger partial charge in [0.05, 0.1) is 0 Å². The van der Waals surface area contributed by atoms with Crippen molar-refractivity contribution in [2.75, 3.05) is 0 Å². The van der Waals surface area contributed by atoms with Crippen molar-refractivity contribution in [2.24, 2.45) is 0 Å². The van der Waals surface area contributed by atoms with Crippen molar-refractivity contribution < 1.29 is 19.1 Å². The molecule has 0 radical (unpaired) electrons. The number of nitrogens with one attached hydrogen (secondary N) is 2. The van der Waals surface area contributed by atoms with E-state index < -0.39 is 29.6 Å². The van der Waals surface area contributed by atoms with Gasteiger partial charge < -0.3 is 15.4 Å². The maximum absolute atomic E-state index is 11.6. The monoisotopic (exact) mass is 258 g/mol. The van der Waals surface area contributed by atoms with Gasteiger partial charge in [0.1, 0.15) is 17.7 Å². The third-order valence-electron chi connectivity index (χ3n) is 1.93. The molecule has 0 bridgehead atoms. The van der Waals surface area contributed by atoms with E-state index in [0.29, 0.717) is 0 Å². The van der Waals surface area contributed by atoms with Crippen LogP contribution in [0.25, 0.3) is 0 Å². The van der Waals surface area contributed by atoms with Crippen LogP contribution in [0.1, 0.15) is 41.5 Å². The molecule has 0 aliphatic rings. The minimum Gasteiger partial charge on any atom is -0.458 e. The maximum Gasteiger partial charge on any atom is 0.328 e. The number of hydrogen-bond donors (Lipinski definition) is 2. The van der Waals surface area contributed by atoms with Gasteiger partial charge in [0.2, 0.25) is 11.8 Å². The molecule has 18 heavy (non-hydrogen) atoms. The molecule has 0 saturated carbocycles. The topological polar surface area (TPSA) is 84.5 Å². The van der Waals surface area contributed by atoms with Crippen LogP contribution < -0.4 is 10.6 Å². The Hall–Kier alpha value is -1.59. The molecule has 0 aliphatic heterocycles. The molecule has 2 atom stereocenters. The summed E-state index contributed by atoms with van der Waals surface area (Å²) in [4.78, 5) is 34.0. The van der Waals surface area contributed by atoms with Crippen molar-refractivity contribution in [1.29, 1.82) is 0 Å². The average molecular weight is 258 g/mol. The number of hydrogen-bond acceptors (Lipinski definition) is 4. The quantitative estimate of drug-likeness (QED) is 0.713. The molecule has 0 aromatic rings. The first-order chi connectivity index (χ1) is 8.03. The highest BCUT2D eigenvalue weighted by Crippen LogP contribution is 2.08. The van der Waals surface area contributed by atoms with Crippen molar-refractivity contribution in [2.45, 2.75) is 59.2 Å². The van der Waals surface area contributed by atoms with E-state index >= 15 is 0 Å². The van der Waals surface area contributed by atoms with Crippen LogP contribution in [0.15, 0.2) is 0 Å². The summed E-state index contributed by atoms with van der Waals surface area (Å²) in [5.74, 6) is -1.24. The number of carbonyl (C=O) groups is 3. The largest absolute Gasteiger partial charge is 0.458 e. The van der Waals surface area contributed by atoms with Crippen molar-refractivity contribution in [3.8, 4) is 0 Å². The van der Waals surface area contributed by atoms with Gasteiger partial charge in [0, 0.05) is 6.92 Å². The SMILES string of the molecule is CC(=O)NC(C)C(=O)N[C@H](C)C(=O)OC(C)(C)C. The van der Waals surface area contributed by atoms with Crippen molar-refractivity contribution in [3.05, 3.63) is 0 Å². The molecule has 0 fully saturated rings. The minimum absolute atomic E-state index is 0.303. The lowest BCUT2D eigenvalue weighted by Crippen LogP contribution is -2.50. The lowest BCUT2D eigenvalue weighted by Gasteiger charge is -2.23. The van der Waals surface area contributed by atoms with Crippen molar-refractivity contribution >= 4 is 17.8 Å². The van der Waals surface area contributed by atoms with Crippen LogP contribution in [0.4, 0.5) is 0 Å². The zero-order valence-corrected chi connectivity index (χ0v) is 11.8. The average Bonchev–Trinajstić information content (AvgIpc) is 2.13. The Labute approximate surface area is 107 Å². The number of ether oxygens (including phenoxy) is 1. The predicted molar refractivity (Wildman–Crippen MR) is 66.7 cm³/mol. The molecule has 0 saturated heterocycles. The Balaban J connectivity index is 4.31. The van der Waals surface area contributed by atoms with Crippen LogP contribution in [0, 0.1) is 0 Å². The molecule has 0 heterocycles. The molecular formula is C12H22N2O4. The summed E-state index contributed by atoms with van der Waals surface area (Å²) in [6.45, 7) is 9.64.